The fourth-order valence-electron chi connectivity index (χ4n) is 2.46. The lowest BCUT2D eigenvalue weighted by molar-refractivity contribution is 0.630. The highest BCUT2D eigenvalue weighted by atomic mass is 79.9. The van der Waals surface area contributed by atoms with Crippen LogP contribution in [0.3, 0.4) is 0 Å². The van der Waals surface area contributed by atoms with Crippen molar-refractivity contribution < 1.29 is 0 Å². The van der Waals surface area contributed by atoms with Gasteiger partial charge in [0, 0.05) is 27.1 Å². The van der Waals surface area contributed by atoms with Crippen LogP contribution in [0.1, 0.15) is 30.1 Å². The van der Waals surface area contributed by atoms with Crippen molar-refractivity contribution in [3.8, 4) is 0 Å². The SMILES string of the molecule is Cc1ccc2[nH]c(C3CCCN3)c(Br)c2c1. The first-order valence-electron chi connectivity index (χ1n) is 5.77. The van der Waals surface area contributed by atoms with Gasteiger partial charge in [-0.2, -0.15) is 0 Å². The van der Waals surface area contributed by atoms with E-state index < -0.39 is 0 Å². The Labute approximate surface area is 104 Å². The minimum absolute atomic E-state index is 0.488. The minimum Gasteiger partial charge on any atom is -0.356 e. The van der Waals surface area contributed by atoms with E-state index in [1.165, 1.54) is 39.5 Å². The molecule has 0 aliphatic carbocycles. The quantitative estimate of drug-likeness (QED) is 0.819. The molecule has 2 N–H and O–H groups in total. The molecule has 0 amide bonds. The number of rotatable bonds is 1. The monoisotopic (exact) mass is 278 g/mol. The number of fused-ring (bicyclic) bond motifs is 1. The summed E-state index contributed by atoms with van der Waals surface area (Å²) in [7, 11) is 0. The number of hydrogen-bond acceptors (Lipinski definition) is 1. The van der Waals surface area contributed by atoms with Gasteiger partial charge in [0.1, 0.15) is 0 Å². The second kappa shape index (κ2) is 3.90. The third-order valence-electron chi connectivity index (χ3n) is 3.33. The first kappa shape index (κ1) is 10.4. The number of aromatic amines is 1. The maximum atomic E-state index is 3.72. The van der Waals surface area contributed by atoms with Gasteiger partial charge in [0.05, 0.1) is 0 Å². The van der Waals surface area contributed by atoms with Gasteiger partial charge in [-0.1, -0.05) is 11.6 Å². The van der Waals surface area contributed by atoms with Crippen LogP contribution in [0.4, 0.5) is 0 Å². The molecule has 1 atom stereocenters. The topological polar surface area (TPSA) is 27.8 Å². The number of halogens is 1. The first-order valence-corrected chi connectivity index (χ1v) is 6.56. The van der Waals surface area contributed by atoms with Crippen LogP contribution < -0.4 is 5.32 Å². The van der Waals surface area contributed by atoms with Crippen molar-refractivity contribution in [1.82, 2.24) is 10.3 Å². The van der Waals surface area contributed by atoms with Crippen LogP contribution in [-0.4, -0.2) is 11.5 Å². The Morgan fingerprint density at radius 3 is 3.00 bits per heavy atom. The molecule has 3 rings (SSSR count). The van der Waals surface area contributed by atoms with E-state index >= 15 is 0 Å². The van der Waals surface area contributed by atoms with Gasteiger partial charge in [0.2, 0.25) is 0 Å². The smallest absolute Gasteiger partial charge is 0.0485 e. The average Bonchev–Trinajstić information content (AvgIpc) is 2.87. The molecule has 16 heavy (non-hydrogen) atoms. The number of benzene rings is 1. The molecule has 1 aliphatic heterocycles. The normalized spacial score (nSPS) is 20.8. The van der Waals surface area contributed by atoms with E-state index in [0.29, 0.717) is 6.04 Å². The van der Waals surface area contributed by atoms with Crippen molar-refractivity contribution >= 4 is 26.8 Å². The molecule has 0 radical (unpaired) electrons. The second-order valence-electron chi connectivity index (χ2n) is 4.55. The van der Waals surface area contributed by atoms with Crippen molar-refractivity contribution in [2.24, 2.45) is 0 Å². The van der Waals surface area contributed by atoms with Crippen molar-refractivity contribution in [3.63, 3.8) is 0 Å². The van der Waals surface area contributed by atoms with E-state index in [1.54, 1.807) is 0 Å². The van der Waals surface area contributed by atoms with E-state index in [0.717, 1.165) is 6.54 Å². The maximum absolute atomic E-state index is 3.72. The summed E-state index contributed by atoms with van der Waals surface area (Å²) in [6, 6.07) is 7.03. The standard InChI is InChI=1S/C13H15BrN2/c1-8-4-5-10-9(7-8)12(14)13(16-10)11-3-2-6-15-11/h4-5,7,11,15-16H,2-3,6H2,1H3. The summed E-state index contributed by atoms with van der Waals surface area (Å²) in [5.41, 5.74) is 3.83. The zero-order valence-electron chi connectivity index (χ0n) is 9.31. The van der Waals surface area contributed by atoms with E-state index in [9.17, 15) is 0 Å². The Bertz CT molecular complexity index is 524. The zero-order valence-corrected chi connectivity index (χ0v) is 10.9. The minimum atomic E-state index is 0.488. The number of aromatic nitrogens is 1. The van der Waals surface area contributed by atoms with Gasteiger partial charge >= 0.3 is 0 Å². The van der Waals surface area contributed by atoms with Crippen LogP contribution in [-0.2, 0) is 0 Å². The van der Waals surface area contributed by atoms with Gasteiger partial charge in [-0.3, -0.25) is 0 Å². The van der Waals surface area contributed by atoms with E-state index in [4.69, 9.17) is 0 Å². The second-order valence-corrected chi connectivity index (χ2v) is 5.34. The summed E-state index contributed by atoms with van der Waals surface area (Å²) in [4.78, 5) is 3.52. The van der Waals surface area contributed by atoms with Crippen LogP contribution in [0.15, 0.2) is 22.7 Å². The predicted molar refractivity (Wildman–Crippen MR) is 70.7 cm³/mol. The van der Waals surface area contributed by atoms with Gasteiger partial charge < -0.3 is 10.3 Å². The van der Waals surface area contributed by atoms with Crippen molar-refractivity contribution in [2.75, 3.05) is 6.54 Å². The summed E-state index contributed by atoms with van der Waals surface area (Å²) >= 11 is 3.72. The fraction of sp³-hybridized carbons (Fsp3) is 0.385. The molecule has 0 bridgehead atoms. The average molecular weight is 279 g/mol. The maximum Gasteiger partial charge on any atom is 0.0485 e. The Kier molecular flexibility index (Phi) is 2.52. The van der Waals surface area contributed by atoms with Gasteiger partial charge in [0.25, 0.3) is 0 Å². The lowest BCUT2D eigenvalue weighted by Crippen LogP contribution is -2.13. The summed E-state index contributed by atoms with van der Waals surface area (Å²) in [5, 5.41) is 4.82. The summed E-state index contributed by atoms with van der Waals surface area (Å²) in [6.07, 6.45) is 2.50. The molecule has 1 aliphatic rings. The molecule has 2 aromatic rings. The van der Waals surface area contributed by atoms with E-state index in [2.05, 4.69) is 51.4 Å². The molecule has 1 aromatic heterocycles. The van der Waals surface area contributed by atoms with Crippen LogP contribution in [0.25, 0.3) is 10.9 Å². The van der Waals surface area contributed by atoms with Crippen molar-refractivity contribution in [1.29, 1.82) is 0 Å². The number of hydrogen-bond donors (Lipinski definition) is 2. The van der Waals surface area contributed by atoms with Crippen LogP contribution in [0, 0.1) is 6.92 Å². The molecule has 3 heteroatoms. The zero-order chi connectivity index (χ0) is 11.1. The van der Waals surface area contributed by atoms with Gasteiger partial charge in [-0.25, -0.2) is 0 Å². The molecule has 2 nitrogen and oxygen atoms in total. The summed E-state index contributed by atoms with van der Waals surface area (Å²) in [6.45, 7) is 3.26. The van der Waals surface area contributed by atoms with Crippen LogP contribution in [0.5, 0.6) is 0 Å². The first-order chi connectivity index (χ1) is 7.75. The molecule has 0 saturated carbocycles. The number of aryl methyl sites for hydroxylation is 1. The molecular formula is C13H15BrN2. The third-order valence-corrected chi connectivity index (χ3v) is 4.18. The molecule has 1 unspecified atom stereocenters. The lowest BCUT2D eigenvalue weighted by Gasteiger charge is -2.08. The number of nitrogens with one attached hydrogen (secondary N) is 2. The Morgan fingerprint density at radius 2 is 2.25 bits per heavy atom. The van der Waals surface area contributed by atoms with Crippen molar-refractivity contribution in [2.45, 2.75) is 25.8 Å². The predicted octanol–water partition coefficient (Wildman–Crippen LogP) is 3.66. The molecule has 1 saturated heterocycles. The molecule has 1 fully saturated rings. The lowest BCUT2D eigenvalue weighted by atomic mass is 10.1. The highest BCUT2D eigenvalue weighted by Crippen LogP contribution is 2.35. The molecular weight excluding hydrogens is 264 g/mol. The van der Waals surface area contributed by atoms with E-state index in [-0.39, 0.29) is 0 Å². The third kappa shape index (κ3) is 1.59. The summed E-state index contributed by atoms with van der Waals surface area (Å²) in [5.74, 6) is 0. The van der Waals surface area contributed by atoms with Crippen LogP contribution >= 0.6 is 15.9 Å². The van der Waals surface area contributed by atoms with Crippen molar-refractivity contribution in [3.05, 3.63) is 33.9 Å². The molecule has 2 heterocycles. The molecule has 0 spiro atoms. The highest BCUT2D eigenvalue weighted by molar-refractivity contribution is 9.10. The Balaban J connectivity index is 2.15. The molecule has 1 aromatic carbocycles. The largest absolute Gasteiger partial charge is 0.356 e. The highest BCUT2D eigenvalue weighted by Gasteiger charge is 2.21. The van der Waals surface area contributed by atoms with Gasteiger partial charge in [0.15, 0.2) is 0 Å². The van der Waals surface area contributed by atoms with Gasteiger partial charge in [-0.05, 0) is 54.4 Å². The van der Waals surface area contributed by atoms with Gasteiger partial charge in [-0.15, -0.1) is 0 Å². The van der Waals surface area contributed by atoms with Crippen LogP contribution in [0.2, 0.25) is 0 Å². The summed E-state index contributed by atoms with van der Waals surface area (Å²) < 4.78 is 1.23. The molecule has 84 valence electrons. The Hall–Kier alpha value is -0.800. The number of H-pyrrole nitrogens is 1. The fourth-order valence-corrected chi connectivity index (χ4v) is 3.17. The van der Waals surface area contributed by atoms with E-state index in [1.807, 2.05) is 0 Å². The Morgan fingerprint density at radius 1 is 1.38 bits per heavy atom.